The van der Waals surface area contributed by atoms with E-state index in [4.69, 9.17) is 0 Å². The first-order chi connectivity index (χ1) is 10.4. The summed E-state index contributed by atoms with van der Waals surface area (Å²) in [6.07, 6.45) is 1.28. The van der Waals surface area contributed by atoms with E-state index in [1.165, 1.54) is 19.2 Å². The Labute approximate surface area is 130 Å². The van der Waals surface area contributed by atoms with Crippen LogP contribution in [-0.2, 0) is 19.6 Å². The van der Waals surface area contributed by atoms with Crippen LogP contribution < -0.4 is 10.0 Å². The predicted molar refractivity (Wildman–Crippen MR) is 83.1 cm³/mol. The molecule has 0 atom stereocenters. The van der Waals surface area contributed by atoms with E-state index in [2.05, 4.69) is 14.8 Å². The third-order valence-electron chi connectivity index (χ3n) is 2.83. The van der Waals surface area contributed by atoms with Crippen molar-refractivity contribution in [3.63, 3.8) is 0 Å². The van der Waals surface area contributed by atoms with Gasteiger partial charge in [0, 0.05) is 0 Å². The van der Waals surface area contributed by atoms with Crippen LogP contribution in [0.2, 0.25) is 0 Å². The maximum Gasteiger partial charge on any atom is 0.339 e. The molecular weight excluding hydrogens is 308 g/mol. The lowest BCUT2D eigenvalue weighted by Gasteiger charge is -2.10. The van der Waals surface area contributed by atoms with Crippen molar-refractivity contribution >= 4 is 27.6 Å². The SMILES string of the molecule is CCCCS(=O)(=O)NCC(=O)Nc1ccccc1C(=O)OC. The summed E-state index contributed by atoms with van der Waals surface area (Å²) in [4.78, 5) is 23.4. The van der Waals surface area contributed by atoms with Crippen LogP contribution in [0, 0.1) is 0 Å². The molecule has 22 heavy (non-hydrogen) atoms. The number of carbonyl (C=O) groups is 2. The quantitative estimate of drug-likeness (QED) is 0.697. The highest BCUT2D eigenvalue weighted by Crippen LogP contribution is 2.15. The number of methoxy groups -OCH3 is 1. The highest BCUT2D eigenvalue weighted by atomic mass is 32.2. The first kappa shape index (κ1) is 18.1. The Morgan fingerprint density at radius 1 is 1.23 bits per heavy atom. The Balaban J connectivity index is 2.65. The molecule has 1 aromatic rings. The molecule has 0 unspecified atom stereocenters. The fraction of sp³-hybridized carbons (Fsp3) is 0.429. The molecule has 0 bridgehead atoms. The van der Waals surface area contributed by atoms with E-state index < -0.39 is 21.9 Å². The summed E-state index contributed by atoms with van der Waals surface area (Å²) in [5, 5.41) is 2.49. The maximum atomic E-state index is 11.8. The van der Waals surface area contributed by atoms with Gasteiger partial charge in [-0.1, -0.05) is 25.5 Å². The highest BCUT2D eigenvalue weighted by molar-refractivity contribution is 7.89. The number of anilines is 1. The lowest BCUT2D eigenvalue weighted by Crippen LogP contribution is -2.34. The number of ether oxygens (including phenoxy) is 1. The van der Waals surface area contributed by atoms with Crippen molar-refractivity contribution in [3.05, 3.63) is 29.8 Å². The van der Waals surface area contributed by atoms with Crippen LogP contribution in [0.3, 0.4) is 0 Å². The van der Waals surface area contributed by atoms with Gasteiger partial charge in [0.15, 0.2) is 0 Å². The predicted octanol–water partition coefficient (Wildman–Crippen LogP) is 1.13. The van der Waals surface area contributed by atoms with Crippen molar-refractivity contribution in [3.8, 4) is 0 Å². The maximum absolute atomic E-state index is 11.8. The van der Waals surface area contributed by atoms with Gasteiger partial charge in [0.2, 0.25) is 15.9 Å². The largest absolute Gasteiger partial charge is 0.465 e. The third-order valence-corrected chi connectivity index (χ3v) is 4.24. The number of hydrogen-bond acceptors (Lipinski definition) is 5. The molecule has 0 fully saturated rings. The molecule has 0 spiro atoms. The first-order valence-corrected chi connectivity index (χ1v) is 8.49. The molecule has 0 aromatic heterocycles. The van der Waals surface area contributed by atoms with Crippen molar-refractivity contribution in [2.45, 2.75) is 19.8 Å². The van der Waals surface area contributed by atoms with Crippen LogP contribution in [0.25, 0.3) is 0 Å². The minimum absolute atomic E-state index is 0.0183. The number of rotatable bonds is 8. The van der Waals surface area contributed by atoms with E-state index in [1.807, 2.05) is 6.92 Å². The molecular formula is C14H20N2O5S. The average Bonchev–Trinajstić information content (AvgIpc) is 2.51. The Hall–Kier alpha value is -1.93. The number of nitrogens with one attached hydrogen (secondary N) is 2. The third kappa shape index (κ3) is 5.82. The Morgan fingerprint density at radius 2 is 1.91 bits per heavy atom. The van der Waals surface area contributed by atoms with Crippen LogP contribution in [0.15, 0.2) is 24.3 Å². The monoisotopic (exact) mass is 328 g/mol. The fourth-order valence-corrected chi connectivity index (χ4v) is 2.82. The molecule has 0 heterocycles. The molecule has 122 valence electrons. The van der Waals surface area contributed by atoms with E-state index in [0.717, 1.165) is 6.42 Å². The standard InChI is InChI=1S/C14H20N2O5S/c1-3-4-9-22(19,20)15-10-13(17)16-12-8-6-5-7-11(12)14(18)21-2/h5-8,15H,3-4,9-10H2,1-2H3,(H,16,17). The Kier molecular flexibility index (Phi) is 7.00. The zero-order valence-corrected chi connectivity index (χ0v) is 13.4. The lowest BCUT2D eigenvalue weighted by atomic mass is 10.2. The zero-order chi connectivity index (χ0) is 16.6. The highest BCUT2D eigenvalue weighted by Gasteiger charge is 2.15. The summed E-state index contributed by atoms with van der Waals surface area (Å²) in [7, 11) is -2.23. The normalized spacial score (nSPS) is 11.0. The molecule has 7 nitrogen and oxygen atoms in total. The Morgan fingerprint density at radius 3 is 2.55 bits per heavy atom. The van der Waals surface area contributed by atoms with Crippen molar-refractivity contribution in [2.24, 2.45) is 0 Å². The molecule has 0 aliphatic carbocycles. The van der Waals surface area contributed by atoms with Gasteiger partial charge in [0.05, 0.1) is 30.7 Å². The van der Waals surface area contributed by atoms with Gasteiger partial charge in [-0.2, -0.15) is 0 Å². The van der Waals surface area contributed by atoms with Crippen LogP contribution in [0.5, 0.6) is 0 Å². The van der Waals surface area contributed by atoms with Crippen LogP contribution in [-0.4, -0.2) is 39.7 Å². The minimum atomic E-state index is -3.46. The van der Waals surface area contributed by atoms with Crippen molar-refractivity contribution in [1.82, 2.24) is 4.72 Å². The van der Waals surface area contributed by atoms with Gasteiger partial charge >= 0.3 is 5.97 Å². The number of unbranched alkanes of at least 4 members (excludes halogenated alkanes) is 1. The Bertz CT molecular complexity index is 628. The first-order valence-electron chi connectivity index (χ1n) is 6.84. The zero-order valence-electron chi connectivity index (χ0n) is 12.6. The van der Waals surface area contributed by atoms with E-state index >= 15 is 0 Å². The van der Waals surface area contributed by atoms with Gasteiger partial charge in [-0.15, -0.1) is 0 Å². The topological polar surface area (TPSA) is 102 Å². The van der Waals surface area contributed by atoms with Gasteiger partial charge in [0.25, 0.3) is 0 Å². The average molecular weight is 328 g/mol. The van der Waals surface area contributed by atoms with Gasteiger partial charge in [-0.25, -0.2) is 17.9 Å². The number of amides is 1. The molecule has 0 aliphatic rings. The molecule has 0 saturated heterocycles. The van der Waals surface area contributed by atoms with E-state index in [-0.39, 0.29) is 23.5 Å². The number of carbonyl (C=O) groups excluding carboxylic acids is 2. The second-order valence-electron chi connectivity index (χ2n) is 4.58. The van der Waals surface area contributed by atoms with Crippen LogP contribution in [0.1, 0.15) is 30.1 Å². The number of para-hydroxylation sites is 1. The number of hydrogen-bond donors (Lipinski definition) is 2. The van der Waals surface area contributed by atoms with Crippen molar-refractivity contribution in [1.29, 1.82) is 0 Å². The summed E-state index contributed by atoms with van der Waals surface area (Å²) >= 11 is 0. The molecule has 2 N–H and O–H groups in total. The molecule has 1 aromatic carbocycles. The van der Waals surface area contributed by atoms with E-state index in [9.17, 15) is 18.0 Å². The van der Waals surface area contributed by atoms with Gasteiger partial charge < -0.3 is 10.1 Å². The molecule has 0 saturated carbocycles. The minimum Gasteiger partial charge on any atom is -0.465 e. The molecule has 1 amide bonds. The van der Waals surface area contributed by atoms with E-state index in [1.54, 1.807) is 12.1 Å². The van der Waals surface area contributed by atoms with Crippen molar-refractivity contribution < 1.29 is 22.7 Å². The van der Waals surface area contributed by atoms with Gasteiger partial charge in [-0.3, -0.25) is 4.79 Å². The summed E-state index contributed by atoms with van der Waals surface area (Å²) in [6, 6.07) is 6.32. The van der Waals surface area contributed by atoms with E-state index in [0.29, 0.717) is 6.42 Å². The summed E-state index contributed by atoms with van der Waals surface area (Å²) in [5.74, 6) is -1.16. The summed E-state index contributed by atoms with van der Waals surface area (Å²) in [5.41, 5.74) is 0.472. The summed E-state index contributed by atoms with van der Waals surface area (Å²) < 4.78 is 30.0. The van der Waals surface area contributed by atoms with Gasteiger partial charge in [0.1, 0.15) is 0 Å². The van der Waals surface area contributed by atoms with Gasteiger partial charge in [-0.05, 0) is 18.6 Å². The molecule has 0 aliphatic heterocycles. The molecule has 8 heteroatoms. The second kappa shape index (κ2) is 8.50. The number of esters is 1. The number of benzene rings is 1. The van der Waals surface area contributed by atoms with Crippen molar-refractivity contribution in [2.75, 3.05) is 24.7 Å². The van der Waals surface area contributed by atoms with Crippen LogP contribution in [0.4, 0.5) is 5.69 Å². The second-order valence-corrected chi connectivity index (χ2v) is 6.51. The van der Waals surface area contributed by atoms with Crippen LogP contribution >= 0.6 is 0 Å². The smallest absolute Gasteiger partial charge is 0.339 e. The number of sulfonamides is 1. The fourth-order valence-electron chi connectivity index (χ4n) is 1.66. The molecule has 1 rings (SSSR count). The molecule has 0 radical (unpaired) electrons. The summed E-state index contributed by atoms with van der Waals surface area (Å²) in [6.45, 7) is 1.49. The lowest BCUT2D eigenvalue weighted by molar-refractivity contribution is -0.115.